The molecule has 1 aliphatic rings. The van der Waals surface area contributed by atoms with Gasteiger partial charge in [-0.3, -0.25) is 4.79 Å². The van der Waals surface area contributed by atoms with Crippen LogP contribution < -0.4 is 0 Å². The number of aliphatic hydroxyl groups excluding tert-OH is 2. The topological polar surface area (TPSA) is 77.8 Å². The maximum Gasteiger partial charge on any atom is 0.314 e. The van der Waals surface area contributed by atoms with Gasteiger partial charge in [0.25, 0.3) is 0 Å². The van der Waals surface area contributed by atoms with Crippen LogP contribution in [0.4, 0.5) is 0 Å². The van der Waals surface area contributed by atoms with E-state index in [-0.39, 0.29) is 6.61 Å². The molecule has 0 aromatic heterocycles. The van der Waals surface area contributed by atoms with Crippen molar-refractivity contribution in [1.29, 1.82) is 0 Å². The fourth-order valence-corrected chi connectivity index (χ4v) is 1.90. The molecule has 0 bridgehead atoms. The predicted molar refractivity (Wildman–Crippen MR) is 57.0 cm³/mol. The monoisotopic (exact) mass is 222 g/mol. The van der Waals surface area contributed by atoms with Gasteiger partial charge in [0.2, 0.25) is 0 Å². The Labute approximate surface area is 93.2 Å². The lowest BCUT2D eigenvalue weighted by Crippen LogP contribution is -2.19. The molecule has 2 rings (SSSR count). The summed E-state index contributed by atoms with van der Waals surface area (Å²) >= 11 is 0. The van der Waals surface area contributed by atoms with Crippen molar-refractivity contribution in [3.8, 4) is 0 Å². The zero-order chi connectivity index (χ0) is 11.8. The van der Waals surface area contributed by atoms with Crippen molar-refractivity contribution in [3.63, 3.8) is 0 Å². The van der Waals surface area contributed by atoms with E-state index in [2.05, 4.69) is 0 Å². The molecule has 1 aliphatic carbocycles. The maximum atomic E-state index is 11.1. The van der Waals surface area contributed by atoms with E-state index in [4.69, 9.17) is 10.2 Å². The Kier molecular flexibility index (Phi) is 2.69. The van der Waals surface area contributed by atoms with E-state index in [1.165, 1.54) is 0 Å². The fourth-order valence-electron chi connectivity index (χ4n) is 1.90. The summed E-state index contributed by atoms with van der Waals surface area (Å²) in [5, 5.41) is 27.5. The molecule has 1 aromatic carbocycles. The highest BCUT2D eigenvalue weighted by Crippen LogP contribution is 2.48. The molecule has 0 heterocycles. The number of benzene rings is 1. The molecule has 0 saturated heterocycles. The summed E-state index contributed by atoms with van der Waals surface area (Å²) in [4.78, 5) is 11.1. The molecule has 0 aliphatic heterocycles. The van der Waals surface area contributed by atoms with Crippen LogP contribution in [0, 0.1) is 0 Å². The predicted octanol–water partition coefficient (Wildman–Crippen LogP) is 0.829. The van der Waals surface area contributed by atoms with Crippen LogP contribution >= 0.6 is 0 Å². The van der Waals surface area contributed by atoms with Gasteiger partial charge in [-0.15, -0.1) is 0 Å². The lowest BCUT2D eigenvalue weighted by molar-refractivity contribution is -0.140. The van der Waals surface area contributed by atoms with Gasteiger partial charge in [0.15, 0.2) is 0 Å². The number of carboxylic acids is 1. The molecule has 1 atom stereocenters. The minimum absolute atomic E-state index is 0.358. The van der Waals surface area contributed by atoms with Crippen LogP contribution in [0.5, 0.6) is 0 Å². The van der Waals surface area contributed by atoms with Gasteiger partial charge >= 0.3 is 5.97 Å². The lowest BCUT2D eigenvalue weighted by Gasteiger charge is -2.13. The zero-order valence-corrected chi connectivity index (χ0v) is 8.76. The molecule has 16 heavy (non-hydrogen) atoms. The van der Waals surface area contributed by atoms with Crippen molar-refractivity contribution in [3.05, 3.63) is 35.4 Å². The summed E-state index contributed by atoms with van der Waals surface area (Å²) in [6.07, 6.45) is 0.340. The average Bonchev–Trinajstić information content (AvgIpc) is 3.09. The third kappa shape index (κ3) is 1.70. The Morgan fingerprint density at radius 3 is 2.62 bits per heavy atom. The first-order valence-electron chi connectivity index (χ1n) is 5.23. The molecule has 4 heteroatoms. The number of aliphatic hydroxyl groups is 2. The summed E-state index contributed by atoms with van der Waals surface area (Å²) in [6.45, 7) is -0.358. The summed E-state index contributed by atoms with van der Waals surface area (Å²) in [7, 11) is 0. The van der Waals surface area contributed by atoms with Crippen LogP contribution in [-0.2, 0) is 10.2 Å². The number of hydrogen-bond acceptors (Lipinski definition) is 3. The van der Waals surface area contributed by atoms with Crippen molar-refractivity contribution in [2.75, 3.05) is 6.61 Å². The van der Waals surface area contributed by atoms with Gasteiger partial charge in [0, 0.05) is 0 Å². The van der Waals surface area contributed by atoms with Crippen LogP contribution in [0.1, 0.15) is 30.1 Å². The van der Waals surface area contributed by atoms with Crippen molar-refractivity contribution < 1.29 is 20.1 Å². The molecule has 1 saturated carbocycles. The number of rotatable bonds is 4. The highest BCUT2D eigenvalue weighted by Gasteiger charge is 2.51. The zero-order valence-electron chi connectivity index (χ0n) is 8.76. The Hall–Kier alpha value is -1.39. The standard InChI is InChI=1S/C12H14O4/c13-7-10(14)8-2-1-3-9(6-8)12(4-5-12)11(15)16/h1-3,6,10,13-14H,4-5,7H2,(H,15,16). The first kappa shape index (κ1) is 11.1. The third-order valence-corrected chi connectivity index (χ3v) is 3.16. The quantitative estimate of drug-likeness (QED) is 0.705. The normalized spacial score (nSPS) is 19.1. The van der Waals surface area contributed by atoms with Gasteiger partial charge in [-0.05, 0) is 24.0 Å². The molecule has 3 N–H and O–H groups in total. The minimum atomic E-state index is -0.940. The van der Waals surface area contributed by atoms with E-state index < -0.39 is 17.5 Å². The highest BCUT2D eigenvalue weighted by molar-refractivity contribution is 5.84. The Morgan fingerprint density at radius 1 is 1.44 bits per heavy atom. The number of carboxylic acid groups (broad SMARTS) is 1. The number of aliphatic carboxylic acids is 1. The molecule has 1 unspecified atom stereocenters. The van der Waals surface area contributed by atoms with Gasteiger partial charge in [0.1, 0.15) is 6.10 Å². The van der Waals surface area contributed by atoms with Gasteiger partial charge < -0.3 is 15.3 Å². The van der Waals surface area contributed by atoms with Gasteiger partial charge in [0.05, 0.1) is 12.0 Å². The Bertz CT molecular complexity index is 409. The van der Waals surface area contributed by atoms with E-state index in [1.54, 1.807) is 24.3 Å². The van der Waals surface area contributed by atoms with Crippen LogP contribution in [0.25, 0.3) is 0 Å². The first-order chi connectivity index (χ1) is 7.60. The second-order valence-corrected chi connectivity index (χ2v) is 4.21. The van der Waals surface area contributed by atoms with Gasteiger partial charge in [-0.25, -0.2) is 0 Å². The largest absolute Gasteiger partial charge is 0.481 e. The first-order valence-corrected chi connectivity index (χ1v) is 5.23. The minimum Gasteiger partial charge on any atom is -0.481 e. The average molecular weight is 222 g/mol. The van der Waals surface area contributed by atoms with Crippen molar-refractivity contribution in [1.82, 2.24) is 0 Å². The van der Waals surface area contributed by atoms with Crippen molar-refractivity contribution in [2.45, 2.75) is 24.4 Å². The van der Waals surface area contributed by atoms with Crippen LogP contribution in [0.15, 0.2) is 24.3 Å². The number of carbonyl (C=O) groups is 1. The summed E-state index contributed by atoms with van der Waals surface area (Å²) < 4.78 is 0. The molecule has 4 nitrogen and oxygen atoms in total. The van der Waals surface area contributed by atoms with E-state index in [0.717, 1.165) is 0 Å². The maximum absolute atomic E-state index is 11.1. The van der Waals surface area contributed by atoms with E-state index in [1.807, 2.05) is 0 Å². The SMILES string of the molecule is O=C(O)C1(c2cccc(C(O)CO)c2)CC1. The smallest absolute Gasteiger partial charge is 0.314 e. The Morgan fingerprint density at radius 2 is 2.12 bits per heavy atom. The third-order valence-electron chi connectivity index (χ3n) is 3.16. The van der Waals surface area contributed by atoms with E-state index in [0.29, 0.717) is 24.0 Å². The van der Waals surface area contributed by atoms with Crippen LogP contribution in [0.3, 0.4) is 0 Å². The van der Waals surface area contributed by atoms with E-state index in [9.17, 15) is 9.90 Å². The summed E-state index contributed by atoms with van der Waals surface area (Å²) in [6, 6.07) is 6.82. The summed E-state index contributed by atoms with van der Waals surface area (Å²) in [5.41, 5.74) is 0.517. The molecule has 0 radical (unpaired) electrons. The molecular formula is C12H14O4. The van der Waals surface area contributed by atoms with Crippen LogP contribution in [0.2, 0.25) is 0 Å². The number of hydrogen-bond donors (Lipinski definition) is 3. The second-order valence-electron chi connectivity index (χ2n) is 4.21. The van der Waals surface area contributed by atoms with E-state index >= 15 is 0 Å². The highest BCUT2D eigenvalue weighted by atomic mass is 16.4. The fraction of sp³-hybridized carbons (Fsp3) is 0.417. The van der Waals surface area contributed by atoms with Gasteiger partial charge in [-0.1, -0.05) is 24.3 Å². The lowest BCUT2D eigenvalue weighted by atomic mass is 9.93. The summed E-state index contributed by atoms with van der Waals surface area (Å²) in [5.74, 6) is -0.817. The van der Waals surface area contributed by atoms with Crippen LogP contribution in [-0.4, -0.2) is 27.9 Å². The van der Waals surface area contributed by atoms with Crippen molar-refractivity contribution in [2.24, 2.45) is 0 Å². The van der Waals surface area contributed by atoms with Crippen molar-refractivity contribution >= 4 is 5.97 Å². The molecule has 1 aromatic rings. The Balaban J connectivity index is 2.33. The molecule has 1 fully saturated rings. The van der Waals surface area contributed by atoms with Gasteiger partial charge in [-0.2, -0.15) is 0 Å². The second kappa shape index (κ2) is 3.88. The molecular weight excluding hydrogens is 208 g/mol. The molecule has 0 spiro atoms. The molecule has 86 valence electrons. The molecule has 0 amide bonds.